The number of nitrogens with zero attached hydrogens (tertiary/aromatic N) is 1. The molecule has 0 aliphatic carbocycles. The third kappa shape index (κ3) is 4.34. The molecule has 1 aromatic carbocycles. The summed E-state index contributed by atoms with van der Waals surface area (Å²) in [6.45, 7) is 9.24. The molecule has 1 aliphatic rings. The molecule has 0 unspecified atom stereocenters. The van der Waals surface area contributed by atoms with E-state index in [1.54, 1.807) is 0 Å². The first-order chi connectivity index (χ1) is 9.56. The van der Waals surface area contributed by atoms with Crippen molar-refractivity contribution in [3.8, 4) is 0 Å². The standard InChI is InChI=1S/C17H26N2O/c1-4-15-5-7-16(8-6-15)18-17(20)12-19-10-13(2)9-14(3)11-19/h5-8,13-14H,4,9-12H2,1-3H3,(H,18,20)/t13-,14-/m1/s1. The summed E-state index contributed by atoms with van der Waals surface area (Å²) in [6, 6.07) is 8.11. The van der Waals surface area contributed by atoms with Crippen LogP contribution in [0.1, 0.15) is 32.8 Å². The summed E-state index contributed by atoms with van der Waals surface area (Å²) >= 11 is 0. The molecule has 0 saturated carbocycles. The van der Waals surface area contributed by atoms with Crippen molar-refractivity contribution in [1.29, 1.82) is 0 Å². The van der Waals surface area contributed by atoms with E-state index >= 15 is 0 Å². The van der Waals surface area contributed by atoms with Gasteiger partial charge in [0.05, 0.1) is 6.54 Å². The van der Waals surface area contributed by atoms with Gasteiger partial charge in [-0.1, -0.05) is 32.9 Å². The Morgan fingerprint density at radius 3 is 2.35 bits per heavy atom. The van der Waals surface area contributed by atoms with Crippen molar-refractivity contribution in [3.05, 3.63) is 29.8 Å². The first kappa shape index (κ1) is 15.0. The minimum Gasteiger partial charge on any atom is -0.325 e. The number of amides is 1. The highest BCUT2D eigenvalue weighted by atomic mass is 16.2. The number of benzene rings is 1. The van der Waals surface area contributed by atoms with E-state index in [1.807, 2.05) is 12.1 Å². The molecular weight excluding hydrogens is 248 g/mol. The molecule has 1 aliphatic heterocycles. The Morgan fingerprint density at radius 2 is 1.80 bits per heavy atom. The zero-order valence-corrected chi connectivity index (χ0v) is 12.9. The van der Waals surface area contributed by atoms with Crippen LogP contribution in [0.5, 0.6) is 0 Å². The van der Waals surface area contributed by atoms with Crippen LogP contribution in [-0.4, -0.2) is 30.4 Å². The van der Waals surface area contributed by atoms with Gasteiger partial charge in [0.2, 0.25) is 5.91 Å². The fourth-order valence-electron chi connectivity index (χ4n) is 3.15. The minimum atomic E-state index is 0.0931. The summed E-state index contributed by atoms with van der Waals surface area (Å²) in [5.41, 5.74) is 2.19. The number of aryl methyl sites for hydroxylation is 1. The first-order valence-electron chi connectivity index (χ1n) is 7.68. The highest BCUT2D eigenvalue weighted by molar-refractivity contribution is 5.92. The quantitative estimate of drug-likeness (QED) is 0.914. The molecule has 2 rings (SSSR count). The molecule has 0 bridgehead atoms. The molecule has 1 amide bonds. The Balaban J connectivity index is 1.85. The monoisotopic (exact) mass is 274 g/mol. The number of carbonyl (C=O) groups excluding carboxylic acids is 1. The van der Waals surface area contributed by atoms with Crippen molar-refractivity contribution in [1.82, 2.24) is 4.90 Å². The first-order valence-corrected chi connectivity index (χ1v) is 7.68. The molecule has 1 N–H and O–H groups in total. The number of rotatable bonds is 4. The zero-order chi connectivity index (χ0) is 14.5. The Kier molecular flexibility index (Phi) is 5.18. The van der Waals surface area contributed by atoms with Gasteiger partial charge in [-0.2, -0.15) is 0 Å². The molecule has 20 heavy (non-hydrogen) atoms. The predicted molar refractivity (Wildman–Crippen MR) is 83.8 cm³/mol. The van der Waals surface area contributed by atoms with E-state index < -0.39 is 0 Å². The van der Waals surface area contributed by atoms with Crippen LogP contribution in [0.25, 0.3) is 0 Å². The maximum absolute atomic E-state index is 12.1. The van der Waals surface area contributed by atoms with Crippen molar-refractivity contribution in [2.24, 2.45) is 11.8 Å². The number of carbonyl (C=O) groups is 1. The molecule has 1 aromatic rings. The van der Waals surface area contributed by atoms with Gasteiger partial charge in [0.1, 0.15) is 0 Å². The number of nitrogens with one attached hydrogen (secondary N) is 1. The second-order valence-electron chi connectivity index (χ2n) is 6.24. The smallest absolute Gasteiger partial charge is 0.238 e. The molecular formula is C17H26N2O. The molecule has 1 saturated heterocycles. The third-order valence-electron chi connectivity index (χ3n) is 3.96. The number of hydrogen-bond donors (Lipinski definition) is 1. The maximum Gasteiger partial charge on any atom is 0.238 e. The van der Waals surface area contributed by atoms with Gasteiger partial charge in [0.15, 0.2) is 0 Å². The van der Waals surface area contributed by atoms with Crippen LogP contribution >= 0.6 is 0 Å². The van der Waals surface area contributed by atoms with Crippen LogP contribution in [0.15, 0.2) is 24.3 Å². The number of likely N-dealkylation sites (tertiary alicyclic amines) is 1. The van der Waals surface area contributed by atoms with Gasteiger partial charge in [-0.3, -0.25) is 9.69 Å². The molecule has 0 spiro atoms. The molecule has 0 aromatic heterocycles. The lowest BCUT2D eigenvalue weighted by atomic mass is 9.92. The second-order valence-corrected chi connectivity index (χ2v) is 6.24. The van der Waals surface area contributed by atoms with Crippen molar-refractivity contribution >= 4 is 11.6 Å². The molecule has 2 atom stereocenters. The van der Waals surface area contributed by atoms with Gasteiger partial charge >= 0.3 is 0 Å². The largest absolute Gasteiger partial charge is 0.325 e. The lowest BCUT2D eigenvalue weighted by Crippen LogP contribution is -2.42. The van der Waals surface area contributed by atoms with E-state index in [4.69, 9.17) is 0 Å². The highest BCUT2D eigenvalue weighted by Crippen LogP contribution is 2.20. The fourth-order valence-corrected chi connectivity index (χ4v) is 3.15. The third-order valence-corrected chi connectivity index (χ3v) is 3.96. The van der Waals surface area contributed by atoms with Gasteiger partial charge in [-0.05, 0) is 42.4 Å². The van der Waals surface area contributed by atoms with Gasteiger partial charge < -0.3 is 5.32 Å². The van der Waals surface area contributed by atoms with Gasteiger partial charge in [0, 0.05) is 18.8 Å². The van der Waals surface area contributed by atoms with E-state index in [0.717, 1.165) is 25.2 Å². The average molecular weight is 274 g/mol. The Labute approximate surface area is 122 Å². The highest BCUT2D eigenvalue weighted by Gasteiger charge is 2.23. The van der Waals surface area contributed by atoms with E-state index in [1.165, 1.54) is 12.0 Å². The predicted octanol–water partition coefficient (Wildman–Crippen LogP) is 3.17. The lowest BCUT2D eigenvalue weighted by Gasteiger charge is -2.34. The average Bonchev–Trinajstić information content (AvgIpc) is 2.38. The second kappa shape index (κ2) is 6.89. The van der Waals surface area contributed by atoms with Gasteiger partial charge in [-0.25, -0.2) is 0 Å². The van der Waals surface area contributed by atoms with Crippen LogP contribution < -0.4 is 5.32 Å². The Morgan fingerprint density at radius 1 is 1.20 bits per heavy atom. The van der Waals surface area contributed by atoms with E-state index in [-0.39, 0.29) is 5.91 Å². The lowest BCUT2D eigenvalue weighted by molar-refractivity contribution is -0.117. The van der Waals surface area contributed by atoms with Crippen LogP contribution in [0.4, 0.5) is 5.69 Å². The van der Waals surface area contributed by atoms with Gasteiger partial charge in [0.25, 0.3) is 0 Å². The van der Waals surface area contributed by atoms with E-state index in [9.17, 15) is 4.79 Å². The number of piperidine rings is 1. The summed E-state index contributed by atoms with van der Waals surface area (Å²) < 4.78 is 0. The van der Waals surface area contributed by atoms with Crippen molar-refractivity contribution in [2.45, 2.75) is 33.6 Å². The number of anilines is 1. The molecule has 3 nitrogen and oxygen atoms in total. The molecule has 3 heteroatoms. The Bertz CT molecular complexity index is 431. The SMILES string of the molecule is CCc1ccc(NC(=O)CN2C[C@H](C)C[C@@H](C)C2)cc1. The maximum atomic E-state index is 12.1. The van der Waals surface area contributed by atoms with Crippen LogP contribution in [0.2, 0.25) is 0 Å². The number of hydrogen-bond acceptors (Lipinski definition) is 2. The van der Waals surface area contributed by atoms with Crippen molar-refractivity contribution in [2.75, 3.05) is 25.0 Å². The minimum absolute atomic E-state index is 0.0931. The van der Waals surface area contributed by atoms with Crippen LogP contribution in [0, 0.1) is 11.8 Å². The summed E-state index contributed by atoms with van der Waals surface area (Å²) in [6.07, 6.45) is 2.30. The Hall–Kier alpha value is -1.35. The molecule has 1 heterocycles. The summed E-state index contributed by atoms with van der Waals surface area (Å²) in [5, 5.41) is 2.99. The van der Waals surface area contributed by atoms with Gasteiger partial charge in [-0.15, -0.1) is 0 Å². The van der Waals surface area contributed by atoms with E-state index in [0.29, 0.717) is 18.4 Å². The topological polar surface area (TPSA) is 32.3 Å². The summed E-state index contributed by atoms with van der Waals surface area (Å²) in [7, 11) is 0. The van der Waals surface area contributed by atoms with Crippen LogP contribution in [-0.2, 0) is 11.2 Å². The summed E-state index contributed by atoms with van der Waals surface area (Å²) in [5.74, 6) is 1.47. The zero-order valence-electron chi connectivity index (χ0n) is 12.9. The summed E-state index contributed by atoms with van der Waals surface area (Å²) in [4.78, 5) is 14.4. The van der Waals surface area contributed by atoms with Crippen molar-refractivity contribution < 1.29 is 4.79 Å². The van der Waals surface area contributed by atoms with Crippen molar-refractivity contribution in [3.63, 3.8) is 0 Å². The fraction of sp³-hybridized carbons (Fsp3) is 0.588. The normalized spacial score (nSPS) is 23.6. The molecule has 1 fully saturated rings. The van der Waals surface area contributed by atoms with Crippen LogP contribution in [0.3, 0.4) is 0 Å². The van der Waals surface area contributed by atoms with E-state index in [2.05, 4.69) is 43.1 Å². The molecule has 0 radical (unpaired) electrons. The molecule has 110 valence electrons.